The fourth-order valence-electron chi connectivity index (χ4n) is 1.76. The van der Waals surface area contributed by atoms with Gasteiger partial charge in [0.15, 0.2) is 5.82 Å². The van der Waals surface area contributed by atoms with Crippen LogP contribution in [0.5, 0.6) is 0 Å². The summed E-state index contributed by atoms with van der Waals surface area (Å²) < 4.78 is 5.21. The number of β-amino-alcohol motifs (C(OH)–C–C–N with tert-alkyl or cyclic N) is 1. The number of rotatable bonds is 5. The zero-order valence-electron chi connectivity index (χ0n) is 10.2. The van der Waals surface area contributed by atoms with E-state index < -0.39 is 0 Å². The number of aromatic nitrogens is 2. The van der Waals surface area contributed by atoms with Crippen LogP contribution >= 0.6 is 11.8 Å². The van der Waals surface area contributed by atoms with Crippen LogP contribution < -0.4 is 5.32 Å². The molecule has 0 aromatic carbocycles. The van der Waals surface area contributed by atoms with E-state index in [1.54, 1.807) is 0 Å². The summed E-state index contributed by atoms with van der Waals surface area (Å²) >= 11 is 1.82. The minimum atomic E-state index is -0.300. The quantitative estimate of drug-likeness (QED) is 0.830. The summed E-state index contributed by atoms with van der Waals surface area (Å²) in [5.74, 6) is 3.91. The van der Waals surface area contributed by atoms with E-state index in [1.165, 1.54) is 0 Å². The third kappa shape index (κ3) is 3.69. The van der Waals surface area contributed by atoms with E-state index in [2.05, 4.69) is 29.3 Å². The number of nitrogens with zero attached hydrogens (tertiary/aromatic N) is 2. The van der Waals surface area contributed by atoms with Crippen molar-refractivity contribution < 1.29 is 9.63 Å². The molecular formula is C11H19N3O2S. The Morgan fingerprint density at radius 3 is 3.06 bits per heavy atom. The predicted octanol–water partition coefficient (Wildman–Crippen LogP) is 1.35. The van der Waals surface area contributed by atoms with Crippen LogP contribution in [0.15, 0.2) is 4.52 Å². The van der Waals surface area contributed by atoms with Gasteiger partial charge in [-0.05, 0) is 18.1 Å². The summed E-state index contributed by atoms with van der Waals surface area (Å²) in [5, 5.41) is 16.5. The van der Waals surface area contributed by atoms with Crippen molar-refractivity contribution in [3.05, 3.63) is 11.7 Å². The topological polar surface area (TPSA) is 71.2 Å². The van der Waals surface area contributed by atoms with Crippen molar-refractivity contribution in [2.45, 2.75) is 38.2 Å². The number of hydrogen-bond acceptors (Lipinski definition) is 6. The number of thioether (sulfide) groups is 1. The van der Waals surface area contributed by atoms with E-state index in [9.17, 15) is 5.11 Å². The third-order valence-electron chi connectivity index (χ3n) is 2.57. The molecule has 1 aliphatic heterocycles. The lowest BCUT2D eigenvalue weighted by atomic mass is 10.2. The highest BCUT2D eigenvalue weighted by Gasteiger charge is 2.27. The van der Waals surface area contributed by atoms with Gasteiger partial charge in [0.2, 0.25) is 5.89 Å². The number of aliphatic hydroxyl groups is 1. The van der Waals surface area contributed by atoms with Crippen LogP contribution in [-0.2, 0) is 5.75 Å². The molecule has 1 aromatic rings. The maximum atomic E-state index is 9.41. The van der Waals surface area contributed by atoms with Crippen molar-refractivity contribution in [3.63, 3.8) is 0 Å². The van der Waals surface area contributed by atoms with Gasteiger partial charge in [-0.15, -0.1) is 0 Å². The molecule has 2 atom stereocenters. The summed E-state index contributed by atoms with van der Waals surface area (Å²) in [6.07, 6.45) is 0.353. The normalized spacial score (nSPS) is 24.7. The average molecular weight is 257 g/mol. The van der Waals surface area contributed by atoms with Gasteiger partial charge in [0.25, 0.3) is 0 Å². The molecule has 0 radical (unpaired) electrons. The van der Waals surface area contributed by atoms with Crippen LogP contribution in [-0.4, -0.2) is 33.6 Å². The first-order chi connectivity index (χ1) is 8.15. The van der Waals surface area contributed by atoms with E-state index in [0.717, 1.165) is 17.3 Å². The molecule has 0 aliphatic carbocycles. The first-order valence-electron chi connectivity index (χ1n) is 5.97. The molecule has 1 saturated heterocycles. The summed E-state index contributed by atoms with van der Waals surface area (Å²) in [6, 6.07) is 0.0151. The monoisotopic (exact) mass is 257 g/mol. The Morgan fingerprint density at radius 2 is 2.41 bits per heavy atom. The van der Waals surface area contributed by atoms with Crippen molar-refractivity contribution >= 4 is 11.8 Å². The van der Waals surface area contributed by atoms with Gasteiger partial charge in [0.1, 0.15) is 0 Å². The van der Waals surface area contributed by atoms with Crippen LogP contribution in [0.3, 0.4) is 0 Å². The second kappa shape index (κ2) is 5.84. The maximum absolute atomic E-state index is 9.41. The lowest BCUT2D eigenvalue weighted by Crippen LogP contribution is -2.15. The Balaban J connectivity index is 1.83. The standard InChI is InChI=1S/C11H19N3O2S/c1-7(2)5-17-6-10-13-11(16-14-10)9-3-8(15)4-12-9/h7-9,12,15H,3-6H2,1-2H3/t8?,9-/m0/s1. The molecule has 17 heavy (non-hydrogen) atoms. The SMILES string of the molecule is CC(C)CSCc1noc([C@@H]2CC(O)CN2)n1. The number of aliphatic hydroxyl groups excluding tert-OH is 1. The van der Waals surface area contributed by atoms with Gasteiger partial charge >= 0.3 is 0 Å². The highest BCUT2D eigenvalue weighted by molar-refractivity contribution is 7.98. The number of nitrogens with one attached hydrogen (secondary N) is 1. The first kappa shape index (κ1) is 12.9. The first-order valence-corrected chi connectivity index (χ1v) is 7.12. The maximum Gasteiger partial charge on any atom is 0.243 e. The molecule has 2 N–H and O–H groups in total. The Bertz CT molecular complexity index is 356. The lowest BCUT2D eigenvalue weighted by molar-refractivity contribution is 0.191. The summed E-state index contributed by atoms with van der Waals surface area (Å²) in [6.45, 7) is 4.99. The highest BCUT2D eigenvalue weighted by Crippen LogP contribution is 2.22. The molecule has 1 unspecified atom stereocenters. The van der Waals surface area contributed by atoms with Crippen molar-refractivity contribution in [2.75, 3.05) is 12.3 Å². The molecule has 5 nitrogen and oxygen atoms in total. The average Bonchev–Trinajstić information content (AvgIpc) is 2.86. The Hall–Kier alpha value is -0.590. The zero-order chi connectivity index (χ0) is 12.3. The molecule has 0 bridgehead atoms. The van der Waals surface area contributed by atoms with Gasteiger partial charge in [0.05, 0.1) is 17.9 Å². The molecular weight excluding hydrogens is 238 g/mol. The van der Waals surface area contributed by atoms with E-state index in [0.29, 0.717) is 24.8 Å². The second-order valence-electron chi connectivity index (χ2n) is 4.81. The van der Waals surface area contributed by atoms with E-state index in [4.69, 9.17) is 4.52 Å². The molecule has 0 saturated carbocycles. The fourth-order valence-corrected chi connectivity index (χ4v) is 2.65. The Morgan fingerprint density at radius 1 is 1.59 bits per heavy atom. The summed E-state index contributed by atoms with van der Waals surface area (Å²) in [5.41, 5.74) is 0. The van der Waals surface area contributed by atoms with Crippen LogP contribution in [0.25, 0.3) is 0 Å². The van der Waals surface area contributed by atoms with Gasteiger partial charge in [0, 0.05) is 6.54 Å². The van der Waals surface area contributed by atoms with Gasteiger partial charge < -0.3 is 14.9 Å². The molecule has 1 fully saturated rings. The fraction of sp³-hybridized carbons (Fsp3) is 0.818. The predicted molar refractivity (Wildman–Crippen MR) is 66.7 cm³/mol. The molecule has 0 spiro atoms. The smallest absolute Gasteiger partial charge is 0.243 e. The summed E-state index contributed by atoms with van der Waals surface area (Å²) in [7, 11) is 0. The van der Waals surface area contributed by atoms with E-state index >= 15 is 0 Å². The van der Waals surface area contributed by atoms with Crippen molar-refractivity contribution in [3.8, 4) is 0 Å². The Kier molecular flexibility index (Phi) is 4.42. The lowest BCUT2D eigenvalue weighted by Gasteiger charge is -2.02. The van der Waals surface area contributed by atoms with E-state index in [-0.39, 0.29) is 12.1 Å². The van der Waals surface area contributed by atoms with Crippen LogP contribution in [0.1, 0.15) is 38.0 Å². The molecule has 6 heteroatoms. The van der Waals surface area contributed by atoms with Crippen LogP contribution in [0.4, 0.5) is 0 Å². The van der Waals surface area contributed by atoms with Crippen molar-refractivity contribution in [1.82, 2.24) is 15.5 Å². The molecule has 1 aliphatic rings. The van der Waals surface area contributed by atoms with Gasteiger partial charge in [-0.3, -0.25) is 0 Å². The molecule has 2 heterocycles. The summed E-state index contributed by atoms with van der Waals surface area (Å²) in [4.78, 5) is 4.35. The molecule has 2 rings (SSSR count). The molecule has 1 aromatic heterocycles. The van der Waals surface area contributed by atoms with Crippen molar-refractivity contribution in [1.29, 1.82) is 0 Å². The van der Waals surface area contributed by atoms with Crippen LogP contribution in [0, 0.1) is 5.92 Å². The van der Waals surface area contributed by atoms with Gasteiger partial charge in [-0.25, -0.2) is 0 Å². The minimum absolute atomic E-state index is 0.0151. The van der Waals surface area contributed by atoms with Crippen LogP contribution in [0.2, 0.25) is 0 Å². The third-order valence-corrected chi connectivity index (χ3v) is 3.94. The largest absolute Gasteiger partial charge is 0.392 e. The number of hydrogen-bond donors (Lipinski definition) is 2. The highest BCUT2D eigenvalue weighted by atomic mass is 32.2. The minimum Gasteiger partial charge on any atom is -0.392 e. The van der Waals surface area contributed by atoms with Crippen molar-refractivity contribution in [2.24, 2.45) is 5.92 Å². The van der Waals surface area contributed by atoms with Gasteiger partial charge in [-0.2, -0.15) is 16.7 Å². The second-order valence-corrected chi connectivity index (χ2v) is 5.84. The van der Waals surface area contributed by atoms with Gasteiger partial charge in [-0.1, -0.05) is 19.0 Å². The molecule has 0 amide bonds. The molecule has 96 valence electrons. The van der Waals surface area contributed by atoms with E-state index in [1.807, 2.05) is 11.8 Å². The zero-order valence-corrected chi connectivity index (χ0v) is 11.0. The Labute approximate surface area is 105 Å².